The highest BCUT2D eigenvalue weighted by Gasteiger charge is 2.31. The van der Waals surface area contributed by atoms with Crippen molar-refractivity contribution in [2.45, 2.75) is 38.6 Å². The summed E-state index contributed by atoms with van der Waals surface area (Å²) in [6, 6.07) is 10.2. The van der Waals surface area contributed by atoms with Gasteiger partial charge in [0.1, 0.15) is 5.82 Å². The molecule has 1 aromatic heterocycles. The maximum atomic E-state index is 13.6. The Morgan fingerprint density at radius 1 is 1.28 bits per heavy atom. The molecule has 0 radical (unpaired) electrons. The van der Waals surface area contributed by atoms with Gasteiger partial charge >= 0.3 is 0 Å². The number of nitrogens with one attached hydrogen (secondary N) is 1. The van der Waals surface area contributed by atoms with E-state index in [4.69, 9.17) is 4.74 Å². The van der Waals surface area contributed by atoms with Crippen LogP contribution >= 0.6 is 0 Å². The van der Waals surface area contributed by atoms with Crippen LogP contribution in [0.4, 0.5) is 22.9 Å². The van der Waals surface area contributed by atoms with Gasteiger partial charge in [0.2, 0.25) is 5.91 Å². The fraction of sp³-hybridized carbons (Fsp3) is 0.478. The lowest BCUT2D eigenvalue weighted by atomic mass is 9.88. The normalized spacial score (nSPS) is 16.4. The molecule has 1 amide bonds. The van der Waals surface area contributed by atoms with E-state index in [1.165, 1.54) is 6.42 Å². The zero-order chi connectivity index (χ0) is 20.2. The molecule has 2 heterocycles. The standard InChI is InChI=1S/C23H30N4O2/c1-26(13-14-29-2)19-10-11-20-21(15-19)27(23(28)17-7-4-3-5-8-17)16-18-9-6-12-24-22(18)25-20/h6,9-12,15,17H,3-5,7-8,13-14,16H2,1-2H3,(H,24,25). The Hall–Kier alpha value is -2.60. The fourth-order valence-corrected chi connectivity index (χ4v) is 4.27. The number of benzene rings is 1. The number of carbonyl (C=O) groups is 1. The number of rotatable bonds is 5. The topological polar surface area (TPSA) is 57.7 Å². The second-order valence-corrected chi connectivity index (χ2v) is 8.01. The third kappa shape index (κ3) is 4.22. The molecule has 4 rings (SSSR count). The fourth-order valence-electron chi connectivity index (χ4n) is 4.27. The van der Waals surface area contributed by atoms with Gasteiger partial charge in [-0.15, -0.1) is 0 Å². The molecular weight excluding hydrogens is 364 g/mol. The number of amides is 1. The molecule has 0 bridgehead atoms. The number of pyridine rings is 1. The van der Waals surface area contributed by atoms with Gasteiger partial charge in [-0.3, -0.25) is 4.79 Å². The third-order valence-electron chi connectivity index (χ3n) is 6.04. The summed E-state index contributed by atoms with van der Waals surface area (Å²) >= 11 is 0. The molecule has 1 fully saturated rings. The first kappa shape index (κ1) is 19.7. The number of methoxy groups -OCH3 is 1. The van der Waals surface area contributed by atoms with Crippen molar-refractivity contribution in [1.82, 2.24) is 4.98 Å². The second kappa shape index (κ2) is 8.82. The van der Waals surface area contributed by atoms with Crippen molar-refractivity contribution in [2.75, 3.05) is 42.4 Å². The number of hydrogen-bond acceptors (Lipinski definition) is 5. The summed E-state index contributed by atoms with van der Waals surface area (Å²) in [5.41, 5.74) is 3.97. The highest BCUT2D eigenvalue weighted by molar-refractivity contribution is 6.00. The van der Waals surface area contributed by atoms with Gasteiger partial charge in [-0.25, -0.2) is 4.98 Å². The van der Waals surface area contributed by atoms with Crippen LogP contribution in [0.25, 0.3) is 0 Å². The molecule has 0 spiro atoms. The molecule has 1 aliphatic heterocycles. The molecule has 6 nitrogen and oxygen atoms in total. The van der Waals surface area contributed by atoms with Gasteiger partial charge in [-0.2, -0.15) is 0 Å². The second-order valence-electron chi connectivity index (χ2n) is 8.01. The van der Waals surface area contributed by atoms with E-state index in [1.807, 2.05) is 17.0 Å². The Labute approximate surface area is 172 Å². The molecule has 154 valence electrons. The van der Waals surface area contributed by atoms with Crippen LogP contribution in [-0.2, 0) is 16.1 Å². The number of likely N-dealkylation sites (N-methyl/N-ethyl adjacent to an activating group) is 1. The minimum atomic E-state index is 0.115. The first-order chi connectivity index (χ1) is 14.2. The van der Waals surface area contributed by atoms with E-state index in [1.54, 1.807) is 13.3 Å². The predicted octanol–water partition coefficient (Wildman–Crippen LogP) is 4.33. The quantitative estimate of drug-likeness (QED) is 0.818. The van der Waals surface area contributed by atoms with Gasteiger partial charge in [0, 0.05) is 44.1 Å². The Morgan fingerprint density at radius 3 is 2.90 bits per heavy atom. The van der Waals surface area contributed by atoms with E-state index in [-0.39, 0.29) is 11.8 Å². The molecule has 0 saturated heterocycles. The van der Waals surface area contributed by atoms with Crippen molar-refractivity contribution in [2.24, 2.45) is 5.92 Å². The summed E-state index contributed by atoms with van der Waals surface area (Å²) in [7, 11) is 3.76. The van der Waals surface area contributed by atoms with Crippen LogP contribution in [0.1, 0.15) is 37.7 Å². The summed E-state index contributed by atoms with van der Waals surface area (Å²) in [5, 5.41) is 3.45. The van der Waals surface area contributed by atoms with Crippen molar-refractivity contribution in [3.05, 3.63) is 42.1 Å². The van der Waals surface area contributed by atoms with Crippen LogP contribution in [-0.4, -0.2) is 38.2 Å². The molecule has 29 heavy (non-hydrogen) atoms. The first-order valence-corrected chi connectivity index (χ1v) is 10.5. The number of anilines is 4. The first-order valence-electron chi connectivity index (χ1n) is 10.5. The third-order valence-corrected chi connectivity index (χ3v) is 6.04. The van der Waals surface area contributed by atoms with Gasteiger partial charge in [-0.1, -0.05) is 25.3 Å². The summed E-state index contributed by atoms with van der Waals surface area (Å²) in [6.07, 6.45) is 7.30. The predicted molar refractivity (Wildman–Crippen MR) is 117 cm³/mol. The zero-order valence-electron chi connectivity index (χ0n) is 17.4. The molecule has 1 aromatic carbocycles. The Bertz CT molecular complexity index is 864. The van der Waals surface area contributed by atoms with Gasteiger partial charge in [0.15, 0.2) is 0 Å². The lowest BCUT2D eigenvalue weighted by molar-refractivity contribution is -0.123. The molecule has 0 unspecified atom stereocenters. The van der Waals surface area contributed by atoms with Gasteiger partial charge in [-0.05, 0) is 37.1 Å². The van der Waals surface area contributed by atoms with Crippen LogP contribution in [0, 0.1) is 5.92 Å². The van der Waals surface area contributed by atoms with E-state index < -0.39 is 0 Å². The van der Waals surface area contributed by atoms with Crippen LogP contribution < -0.4 is 15.1 Å². The summed E-state index contributed by atoms with van der Waals surface area (Å²) in [6.45, 7) is 2.00. The average molecular weight is 395 g/mol. The van der Waals surface area contributed by atoms with Crippen molar-refractivity contribution >= 4 is 28.8 Å². The zero-order valence-corrected chi connectivity index (χ0v) is 17.4. The molecule has 0 atom stereocenters. The van der Waals surface area contributed by atoms with Crippen LogP contribution in [0.15, 0.2) is 36.5 Å². The molecule has 1 saturated carbocycles. The number of aromatic nitrogens is 1. The molecular formula is C23H30N4O2. The molecule has 1 aliphatic carbocycles. The number of carbonyl (C=O) groups excluding carboxylic acids is 1. The van der Waals surface area contributed by atoms with E-state index in [0.717, 1.165) is 60.7 Å². The van der Waals surface area contributed by atoms with E-state index in [0.29, 0.717) is 13.2 Å². The van der Waals surface area contributed by atoms with Crippen molar-refractivity contribution < 1.29 is 9.53 Å². The van der Waals surface area contributed by atoms with Crippen molar-refractivity contribution in [3.63, 3.8) is 0 Å². The monoisotopic (exact) mass is 394 g/mol. The summed E-state index contributed by atoms with van der Waals surface area (Å²) in [5.74, 6) is 1.18. The maximum absolute atomic E-state index is 13.6. The van der Waals surface area contributed by atoms with Gasteiger partial charge < -0.3 is 19.9 Å². The van der Waals surface area contributed by atoms with Gasteiger partial charge in [0.25, 0.3) is 0 Å². The number of nitrogens with zero attached hydrogens (tertiary/aromatic N) is 3. The van der Waals surface area contributed by atoms with E-state index >= 15 is 0 Å². The number of ether oxygens (including phenoxy) is 1. The molecule has 1 N–H and O–H groups in total. The smallest absolute Gasteiger partial charge is 0.230 e. The Kier molecular flexibility index (Phi) is 6.00. The minimum absolute atomic E-state index is 0.115. The minimum Gasteiger partial charge on any atom is -0.383 e. The maximum Gasteiger partial charge on any atom is 0.230 e. The van der Waals surface area contributed by atoms with E-state index in [9.17, 15) is 4.79 Å². The lowest BCUT2D eigenvalue weighted by Crippen LogP contribution is -2.36. The van der Waals surface area contributed by atoms with Crippen LogP contribution in [0.5, 0.6) is 0 Å². The van der Waals surface area contributed by atoms with Crippen LogP contribution in [0.2, 0.25) is 0 Å². The number of fused-ring (bicyclic) bond motifs is 2. The molecule has 2 aromatic rings. The SMILES string of the molecule is COCCN(C)c1ccc2c(c1)N(C(=O)C1CCCCC1)Cc1cccnc1N2. The highest BCUT2D eigenvalue weighted by atomic mass is 16.5. The average Bonchev–Trinajstić information content (AvgIpc) is 2.93. The van der Waals surface area contributed by atoms with Gasteiger partial charge in [0.05, 0.1) is 24.5 Å². The number of hydrogen-bond donors (Lipinski definition) is 1. The van der Waals surface area contributed by atoms with Crippen LogP contribution in [0.3, 0.4) is 0 Å². The van der Waals surface area contributed by atoms with Crippen molar-refractivity contribution in [3.8, 4) is 0 Å². The highest BCUT2D eigenvalue weighted by Crippen LogP contribution is 2.39. The van der Waals surface area contributed by atoms with Crippen molar-refractivity contribution in [1.29, 1.82) is 0 Å². The Morgan fingerprint density at radius 2 is 2.10 bits per heavy atom. The molecule has 6 heteroatoms. The van der Waals surface area contributed by atoms with E-state index in [2.05, 4.69) is 40.4 Å². The summed E-state index contributed by atoms with van der Waals surface area (Å²) in [4.78, 5) is 22.2. The Balaban J connectivity index is 1.71. The lowest BCUT2D eigenvalue weighted by Gasteiger charge is -2.30. The largest absolute Gasteiger partial charge is 0.383 e. The molecule has 2 aliphatic rings. The summed E-state index contributed by atoms with van der Waals surface area (Å²) < 4.78 is 5.22.